The molecule has 7 unspecified atom stereocenters. The summed E-state index contributed by atoms with van der Waals surface area (Å²) in [4.78, 5) is 128. The van der Waals surface area contributed by atoms with Crippen molar-refractivity contribution in [1.82, 2.24) is 44.9 Å². The van der Waals surface area contributed by atoms with E-state index in [9.17, 15) is 53.4 Å². The van der Waals surface area contributed by atoms with Crippen LogP contribution in [0.25, 0.3) is 5.65 Å². The lowest BCUT2D eigenvalue weighted by Crippen LogP contribution is -2.54. The van der Waals surface area contributed by atoms with Gasteiger partial charge in [0.15, 0.2) is 0 Å². The summed E-state index contributed by atoms with van der Waals surface area (Å²) in [5, 5.41) is 29.7. The van der Waals surface area contributed by atoms with Gasteiger partial charge in [0.25, 0.3) is 5.91 Å². The zero-order valence-corrected chi connectivity index (χ0v) is 51.5. The number of carbonyl (C=O) groups excluding carboxylic acids is 9. The molecule has 26 nitrogen and oxygen atoms in total. The number of anilines is 1. The number of fused-ring (bicyclic) bond motifs is 4. The van der Waals surface area contributed by atoms with Crippen LogP contribution in [0.3, 0.4) is 0 Å². The predicted molar refractivity (Wildman–Crippen MR) is 318 cm³/mol. The number of aliphatic hydroxyl groups excluding tert-OH is 2. The van der Waals surface area contributed by atoms with Crippen LogP contribution in [0.1, 0.15) is 121 Å². The first-order valence-corrected chi connectivity index (χ1v) is 31.7. The molecule has 6 N–H and O–H groups in total. The molecule has 0 radical (unpaired) electrons. The predicted octanol–water partition coefficient (Wildman–Crippen LogP) is 3.61. The first kappa shape index (κ1) is 66.7. The Morgan fingerprint density at radius 3 is 2.32 bits per heavy atom. The monoisotopic (exact) mass is 1240 g/mol. The Balaban J connectivity index is 0.759. The number of nitrogens with one attached hydrogen (secondary N) is 4. The molecule has 8 rings (SSSR count). The molecule has 2 aromatic heterocycles. The van der Waals surface area contributed by atoms with Crippen LogP contribution in [-0.2, 0) is 47.7 Å². The zero-order valence-electron chi connectivity index (χ0n) is 50.6. The van der Waals surface area contributed by atoms with Gasteiger partial charge in [-0.3, -0.25) is 33.7 Å². The highest BCUT2D eigenvalue weighted by atomic mass is 32.1. The molecule has 2 aromatic rings. The molecular formula is C60H90N10O16S. The number of ether oxygens (including phenoxy) is 5. The van der Waals surface area contributed by atoms with Gasteiger partial charge in [0, 0.05) is 76.5 Å². The minimum atomic E-state index is -0.992. The lowest BCUT2D eigenvalue weighted by atomic mass is 9.59. The molecule has 0 bridgehead atoms. The molecule has 4 heterocycles. The van der Waals surface area contributed by atoms with E-state index in [2.05, 4.69) is 40.8 Å². The number of hydrogen-bond acceptors (Lipinski definition) is 18. The number of carbonyl (C=O) groups is 9. The summed E-state index contributed by atoms with van der Waals surface area (Å²) in [5.74, 6) is -1.46. The summed E-state index contributed by atoms with van der Waals surface area (Å²) >= 11 is 4.09. The van der Waals surface area contributed by atoms with Gasteiger partial charge in [-0.2, -0.15) is 12.6 Å². The van der Waals surface area contributed by atoms with Crippen LogP contribution in [0.5, 0.6) is 0 Å². The van der Waals surface area contributed by atoms with E-state index in [4.69, 9.17) is 28.7 Å². The van der Waals surface area contributed by atoms with Crippen LogP contribution in [0.15, 0.2) is 24.5 Å². The molecular weight excluding hydrogens is 1150 g/mol. The molecule has 27 heteroatoms. The van der Waals surface area contributed by atoms with Crippen molar-refractivity contribution in [3.05, 3.63) is 30.2 Å². The van der Waals surface area contributed by atoms with Crippen molar-refractivity contribution in [2.24, 2.45) is 41.4 Å². The van der Waals surface area contributed by atoms with Gasteiger partial charge in [-0.1, -0.05) is 33.6 Å². The van der Waals surface area contributed by atoms with Gasteiger partial charge in [0.1, 0.15) is 30.1 Å². The lowest BCUT2D eigenvalue weighted by Gasteiger charge is -2.50. The molecule has 4 saturated carbocycles. The number of imide groups is 1. The first-order chi connectivity index (χ1) is 41.8. The Morgan fingerprint density at radius 1 is 0.839 bits per heavy atom. The van der Waals surface area contributed by atoms with Crippen LogP contribution >= 0.6 is 12.6 Å². The fraction of sp³-hybridized carbons (Fsp3) is 0.733. The summed E-state index contributed by atoms with van der Waals surface area (Å²) in [6, 6.07) is 2.22. The van der Waals surface area contributed by atoms with Crippen molar-refractivity contribution < 1.29 is 77.0 Å². The topological polar surface area (TPSA) is 319 Å². The molecule has 87 heavy (non-hydrogen) atoms. The maximum absolute atomic E-state index is 14.5. The zero-order chi connectivity index (χ0) is 62.3. The highest BCUT2D eigenvalue weighted by Gasteiger charge is 2.54. The average Bonchev–Trinajstić information content (AvgIpc) is 1.77. The first-order valence-electron chi connectivity index (χ1n) is 31.2. The Morgan fingerprint density at radius 2 is 1.60 bits per heavy atom. The number of likely N-dealkylation sites (N-methyl/N-ethyl adjacent to an activating group) is 1. The van der Waals surface area contributed by atoms with Crippen LogP contribution < -0.4 is 21.3 Å². The third-order valence-corrected chi connectivity index (χ3v) is 18.8. The van der Waals surface area contributed by atoms with Crippen molar-refractivity contribution in [2.45, 2.75) is 146 Å². The number of aromatic nitrogens is 2. The number of rotatable bonds is 26. The number of aliphatic hydroxyl groups is 2. The summed E-state index contributed by atoms with van der Waals surface area (Å²) in [7, 11) is 1.60. The van der Waals surface area contributed by atoms with E-state index in [-0.39, 0.29) is 168 Å². The number of hydrogen-bond donors (Lipinski definition) is 7. The second-order valence-electron chi connectivity index (χ2n) is 24.7. The molecule has 0 aromatic carbocycles. The van der Waals surface area contributed by atoms with Gasteiger partial charge in [0.05, 0.1) is 69.8 Å². The van der Waals surface area contributed by atoms with Crippen molar-refractivity contribution in [2.75, 3.05) is 97.9 Å². The number of amides is 9. The molecule has 482 valence electrons. The molecule has 2 saturated heterocycles. The minimum absolute atomic E-state index is 0.00253. The number of likely N-dealkylation sites (tertiary alicyclic amines) is 2. The molecule has 0 spiro atoms. The summed E-state index contributed by atoms with van der Waals surface area (Å²) in [6.45, 7) is 6.53. The third-order valence-electron chi connectivity index (χ3n) is 18.4. The Hall–Kier alpha value is -6.29. The molecule has 9 amide bonds. The van der Waals surface area contributed by atoms with E-state index in [1.165, 1.54) is 9.80 Å². The Bertz CT molecular complexity index is 2720. The number of nitrogens with zero attached hydrogens (tertiary/aromatic N) is 6. The second-order valence-corrected chi connectivity index (χ2v) is 25.3. The molecule has 8 atom stereocenters. The third kappa shape index (κ3) is 18.0. The molecule has 4 aliphatic carbocycles. The van der Waals surface area contributed by atoms with E-state index < -0.39 is 47.5 Å². The van der Waals surface area contributed by atoms with Gasteiger partial charge in [0.2, 0.25) is 29.5 Å². The van der Waals surface area contributed by atoms with Crippen LogP contribution in [0.4, 0.5) is 20.1 Å². The SMILES string of the molecule is CC1CCCC2C(OC(=O)N(CCOCCO)CCN(C)C(=O)OCC3CCC(NC(=O)CNC(=O)[C@@H](NC(=O)OCCOCCN4C(=O)CC(S)C4=O)C(C)C)CC3)CC3C(CCN3C(=O)c3cn4cc(NC(=O)C5CCC(O)CC5)ccc4n3)C12. The number of imidazole rings is 1. The van der Waals surface area contributed by atoms with Crippen LogP contribution in [0, 0.1) is 41.4 Å². The standard InChI is InChI=1S/C60H90N10O16S/c1-36(2)53(65-58(79)84-29-28-83-26-23-70-51(74)31-48(87)57(70)78)55(76)61-32-50(73)62-40-12-8-38(9-13-40)35-85-59(80)66(4)20-21-67(22-25-82-27-24-71)60(81)86-47-30-46-43(52-37(3)6-5-7-44(47)52)18-19-69(46)56(77)45-34-68-33-41(14-17-49(68)64-45)63-54(75)39-10-15-42(72)16-11-39/h14,17,33-34,36-40,42-44,46-48,52-53,71-72,87H,5-13,15-16,18-32,35H2,1-4H3,(H,61,76)(H,62,73)(H,63,75)(H,65,79)/t37?,38?,39?,40?,42?,43?,44?,46?,47?,48?,52?,53-/m0/s1. The highest BCUT2D eigenvalue weighted by Crippen LogP contribution is 2.52. The van der Waals surface area contributed by atoms with Gasteiger partial charge < -0.3 is 74.3 Å². The van der Waals surface area contributed by atoms with E-state index in [1.807, 2.05) is 4.90 Å². The van der Waals surface area contributed by atoms with Crippen molar-refractivity contribution in [1.29, 1.82) is 0 Å². The van der Waals surface area contributed by atoms with E-state index in [0.29, 0.717) is 81.6 Å². The summed E-state index contributed by atoms with van der Waals surface area (Å²) in [5.41, 5.74) is 1.44. The van der Waals surface area contributed by atoms with Crippen molar-refractivity contribution in [3.63, 3.8) is 0 Å². The van der Waals surface area contributed by atoms with E-state index >= 15 is 0 Å². The van der Waals surface area contributed by atoms with Gasteiger partial charge in [-0.05, 0) is 112 Å². The van der Waals surface area contributed by atoms with E-state index in [1.54, 1.807) is 49.8 Å². The van der Waals surface area contributed by atoms with Gasteiger partial charge >= 0.3 is 18.3 Å². The normalized spacial score (nSPS) is 26.6. The van der Waals surface area contributed by atoms with Crippen LogP contribution in [0.2, 0.25) is 0 Å². The number of pyridine rings is 1. The number of thiol groups is 1. The maximum atomic E-state index is 14.5. The second kappa shape index (κ2) is 31.8. The largest absolute Gasteiger partial charge is 0.449 e. The van der Waals surface area contributed by atoms with E-state index in [0.717, 1.165) is 30.6 Å². The fourth-order valence-corrected chi connectivity index (χ4v) is 13.9. The number of alkyl carbamates (subject to hydrolysis) is 1. The average molecular weight is 1240 g/mol. The maximum Gasteiger partial charge on any atom is 0.410 e. The Labute approximate surface area is 513 Å². The van der Waals surface area contributed by atoms with Gasteiger partial charge in [-0.25, -0.2) is 19.4 Å². The summed E-state index contributed by atoms with van der Waals surface area (Å²) in [6.07, 6.45) is 10.0. The molecule has 6 fully saturated rings. The smallest absolute Gasteiger partial charge is 0.410 e. The molecule has 6 aliphatic rings. The van der Waals surface area contributed by atoms with Crippen molar-refractivity contribution in [3.8, 4) is 0 Å². The highest BCUT2D eigenvalue weighted by molar-refractivity contribution is 7.81. The lowest BCUT2D eigenvalue weighted by molar-refractivity contribution is -0.139. The van der Waals surface area contributed by atoms with Crippen molar-refractivity contribution >= 4 is 77.7 Å². The fourth-order valence-electron chi connectivity index (χ4n) is 13.6. The Kier molecular flexibility index (Phi) is 24.3. The van der Waals surface area contributed by atoms with Gasteiger partial charge in [-0.15, -0.1) is 0 Å². The summed E-state index contributed by atoms with van der Waals surface area (Å²) < 4.78 is 30.1. The minimum Gasteiger partial charge on any atom is -0.449 e. The molecule has 2 aliphatic heterocycles. The quantitative estimate of drug-likeness (QED) is 0.0306. The van der Waals surface area contributed by atoms with Crippen LogP contribution in [-0.4, -0.2) is 221 Å².